The monoisotopic (exact) mass is 374 g/mol. The lowest BCUT2D eigenvalue weighted by Gasteiger charge is -2.33. The van der Waals surface area contributed by atoms with Gasteiger partial charge in [0.2, 0.25) is 5.91 Å². The lowest BCUT2D eigenvalue weighted by atomic mass is 10.0. The average molecular weight is 375 g/mol. The first-order valence-electron chi connectivity index (χ1n) is 8.85. The molecular formula is C20H26N2O3S. The number of hydrogen-bond donors (Lipinski definition) is 1. The zero-order chi connectivity index (χ0) is 18.7. The number of carbonyl (C=O) groups is 1. The highest BCUT2D eigenvalue weighted by atomic mass is 32.1. The lowest BCUT2D eigenvalue weighted by molar-refractivity contribution is -0.123. The molecule has 0 fully saturated rings. The molecule has 2 aromatic rings. The molecule has 2 unspecified atom stereocenters. The molecular weight excluding hydrogens is 348 g/mol. The van der Waals surface area contributed by atoms with Crippen molar-refractivity contribution < 1.29 is 14.3 Å². The minimum atomic E-state index is -0.163. The molecule has 2 heterocycles. The average Bonchev–Trinajstić information content (AvgIpc) is 3.13. The molecule has 1 aliphatic heterocycles. The van der Waals surface area contributed by atoms with Gasteiger partial charge < -0.3 is 14.8 Å². The Hall–Kier alpha value is -2.05. The number of carbonyl (C=O) groups excluding carboxylic acids is 1. The lowest BCUT2D eigenvalue weighted by Crippen LogP contribution is -2.42. The summed E-state index contributed by atoms with van der Waals surface area (Å²) in [4.78, 5) is 16.3. The molecule has 0 spiro atoms. The molecule has 1 aromatic carbocycles. The summed E-state index contributed by atoms with van der Waals surface area (Å²) in [6, 6.07) is 7.91. The number of amides is 1. The van der Waals surface area contributed by atoms with E-state index in [1.165, 1.54) is 10.4 Å². The standard InChI is InChI=1S/C20H26N2O3S/c1-13(17-11-15(24-3)5-6-18(17)25-4)21-20(23)12-22-9-7-19-16(14(22)2)8-10-26-19/h5-6,8,10-11,13-14H,7,9,12H2,1-4H3,(H,21,23). The number of nitrogens with zero attached hydrogens (tertiary/aromatic N) is 1. The van der Waals surface area contributed by atoms with Crippen LogP contribution in [-0.4, -0.2) is 38.1 Å². The largest absolute Gasteiger partial charge is 0.497 e. The molecule has 26 heavy (non-hydrogen) atoms. The van der Waals surface area contributed by atoms with Gasteiger partial charge in [-0.15, -0.1) is 11.3 Å². The smallest absolute Gasteiger partial charge is 0.234 e. The number of rotatable bonds is 6. The molecule has 1 N–H and O–H groups in total. The Morgan fingerprint density at radius 3 is 2.88 bits per heavy atom. The molecule has 0 saturated heterocycles. The predicted octanol–water partition coefficient (Wildman–Crippen LogP) is 3.56. The maximum Gasteiger partial charge on any atom is 0.234 e. The number of nitrogens with one attached hydrogen (secondary N) is 1. The van der Waals surface area contributed by atoms with Crippen LogP contribution in [0.3, 0.4) is 0 Å². The first-order chi connectivity index (χ1) is 12.5. The van der Waals surface area contributed by atoms with E-state index < -0.39 is 0 Å². The van der Waals surface area contributed by atoms with Crippen molar-refractivity contribution in [2.75, 3.05) is 27.3 Å². The van der Waals surface area contributed by atoms with Gasteiger partial charge in [-0.2, -0.15) is 0 Å². The van der Waals surface area contributed by atoms with Gasteiger partial charge in [0.1, 0.15) is 11.5 Å². The maximum atomic E-state index is 12.6. The normalized spacial score (nSPS) is 18.1. The van der Waals surface area contributed by atoms with E-state index in [1.807, 2.05) is 36.5 Å². The summed E-state index contributed by atoms with van der Waals surface area (Å²) in [6.07, 6.45) is 1.02. The minimum Gasteiger partial charge on any atom is -0.497 e. The Balaban J connectivity index is 1.65. The van der Waals surface area contributed by atoms with E-state index in [9.17, 15) is 4.79 Å². The van der Waals surface area contributed by atoms with Gasteiger partial charge >= 0.3 is 0 Å². The van der Waals surface area contributed by atoms with E-state index >= 15 is 0 Å². The van der Waals surface area contributed by atoms with Crippen molar-refractivity contribution in [3.8, 4) is 11.5 Å². The molecule has 0 radical (unpaired) electrons. The number of thiophene rings is 1. The van der Waals surface area contributed by atoms with E-state index in [4.69, 9.17) is 9.47 Å². The van der Waals surface area contributed by atoms with Crippen LogP contribution in [-0.2, 0) is 11.2 Å². The van der Waals surface area contributed by atoms with Crippen LogP contribution in [0.15, 0.2) is 29.6 Å². The van der Waals surface area contributed by atoms with Crippen LogP contribution < -0.4 is 14.8 Å². The fourth-order valence-corrected chi connectivity index (χ4v) is 4.47. The predicted molar refractivity (Wildman–Crippen MR) is 104 cm³/mol. The quantitative estimate of drug-likeness (QED) is 0.840. The summed E-state index contributed by atoms with van der Waals surface area (Å²) >= 11 is 1.81. The Kier molecular flexibility index (Phi) is 5.84. The van der Waals surface area contributed by atoms with Crippen LogP contribution >= 0.6 is 11.3 Å². The van der Waals surface area contributed by atoms with Crippen LogP contribution in [0.4, 0.5) is 0 Å². The van der Waals surface area contributed by atoms with E-state index in [2.05, 4.69) is 28.6 Å². The molecule has 0 saturated carbocycles. The fourth-order valence-electron chi connectivity index (χ4n) is 3.50. The molecule has 0 bridgehead atoms. The van der Waals surface area contributed by atoms with Crippen molar-refractivity contribution in [3.63, 3.8) is 0 Å². The van der Waals surface area contributed by atoms with Crippen molar-refractivity contribution >= 4 is 17.2 Å². The second-order valence-corrected chi connectivity index (χ2v) is 7.59. The van der Waals surface area contributed by atoms with Crippen molar-refractivity contribution in [2.45, 2.75) is 32.4 Å². The number of benzene rings is 1. The first-order valence-corrected chi connectivity index (χ1v) is 9.73. The number of methoxy groups -OCH3 is 2. The van der Waals surface area contributed by atoms with Gasteiger partial charge in [-0.05, 0) is 55.5 Å². The molecule has 3 rings (SSSR count). The van der Waals surface area contributed by atoms with E-state index in [1.54, 1.807) is 14.2 Å². The van der Waals surface area contributed by atoms with Crippen LogP contribution in [0.2, 0.25) is 0 Å². The molecule has 1 aromatic heterocycles. The highest BCUT2D eigenvalue weighted by Crippen LogP contribution is 2.33. The molecule has 2 atom stereocenters. The highest BCUT2D eigenvalue weighted by molar-refractivity contribution is 7.10. The first kappa shape index (κ1) is 18.7. The van der Waals surface area contributed by atoms with E-state index in [0.717, 1.165) is 30.0 Å². The maximum absolute atomic E-state index is 12.6. The van der Waals surface area contributed by atoms with Gasteiger partial charge in [-0.1, -0.05) is 0 Å². The summed E-state index contributed by atoms with van der Waals surface area (Å²) < 4.78 is 10.7. The van der Waals surface area contributed by atoms with Gasteiger partial charge in [0.25, 0.3) is 0 Å². The SMILES string of the molecule is COc1ccc(OC)c(C(C)NC(=O)CN2CCc3sccc3C2C)c1. The summed E-state index contributed by atoms with van der Waals surface area (Å²) in [7, 11) is 3.26. The third kappa shape index (κ3) is 3.86. The van der Waals surface area contributed by atoms with E-state index in [-0.39, 0.29) is 18.0 Å². The van der Waals surface area contributed by atoms with Crippen molar-refractivity contribution in [1.29, 1.82) is 0 Å². The van der Waals surface area contributed by atoms with Crippen LogP contribution in [0, 0.1) is 0 Å². The minimum absolute atomic E-state index is 0.0212. The molecule has 140 valence electrons. The van der Waals surface area contributed by atoms with Gasteiger partial charge in [-0.3, -0.25) is 9.69 Å². The van der Waals surface area contributed by atoms with Crippen LogP contribution in [0.5, 0.6) is 11.5 Å². The topological polar surface area (TPSA) is 50.8 Å². The zero-order valence-electron chi connectivity index (χ0n) is 15.7. The van der Waals surface area contributed by atoms with Gasteiger partial charge in [0, 0.05) is 23.0 Å². The molecule has 1 aliphatic rings. The second kappa shape index (κ2) is 8.10. The third-order valence-electron chi connectivity index (χ3n) is 5.03. The van der Waals surface area contributed by atoms with Gasteiger partial charge in [0.05, 0.1) is 26.8 Å². The zero-order valence-corrected chi connectivity index (χ0v) is 16.6. The summed E-state index contributed by atoms with van der Waals surface area (Å²) in [5, 5.41) is 5.24. The molecule has 1 amide bonds. The molecule has 0 aliphatic carbocycles. The van der Waals surface area contributed by atoms with Crippen molar-refractivity contribution in [1.82, 2.24) is 10.2 Å². The summed E-state index contributed by atoms with van der Waals surface area (Å²) in [6.45, 7) is 5.45. The van der Waals surface area contributed by atoms with E-state index in [0.29, 0.717) is 6.54 Å². The second-order valence-electron chi connectivity index (χ2n) is 6.59. The third-order valence-corrected chi connectivity index (χ3v) is 6.03. The van der Waals surface area contributed by atoms with Gasteiger partial charge in [-0.25, -0.2) is 0 Å². The Morgan fingerprint density at radius 1 is 1.35 bits per heavy atom. The molecule has 5 nitrogen and oxygen atoms in total. The van der Waals surface area contributed by atoms with Crippen LogP contribution in [0.1, 0.15) is 41.9 Å². The Bertz CT molecular complexity index is 774. The fraction of sp³-hybridized carbons (Fsp3) is 0.450. The number of hydrogen-bond acceptors (Lipinski definition) is 5. The number of fused-ring (bicyclic) bond motifs is 1. The van der Waals surface area contributed by atoms with Crippen LogP contribution in [0.25, 0.3) is 0 Å². The Morgan fingerprint density at radius 2 is 2.15 bits per heavy atom. The van der Waals surface area contributed by atoms with Crippen molar-refractivity contribution in [2.24, 2.45) is 0 Å². The Labute approximate surface area is 158 Å². The van der Waals surface area contributed by atoms with Crippen molar-refractivity contribution in [3.05, 3.63) is 45.6 Å². The summed E-state index contributed by atoms with van der Waals surface area (Å²) in [5.74, 6) is 1.51. The molecule has 6 heteroatoms. The van der Waals surface area contributed by atoms with Gasteiger partial charge in [0.15, 0.2) is 0 Å². The highest BCUT2D eigenvalue weighted by Gasteiger charge is 2.26. The number of ether oxygens (including phenoxy) is 2. The summed E-state index contributed by atoms with van der Waals surface area (Å²) in [5.41, 5.74) is 2.27.